The summed E-state index contributed by atoms with van der Waals surface area (Å²) in [5.41, 5.74) is 2.06. The molecule has 8 heteroatoms. The lowest BCUT2D eigenvalue weighted by Crippen LogP contribution is -2.50. The van der Waals surface area contributed by atoms with Gasteiger partial charge in [0.05, 0.1) is 13.0 Å². The lowest BCUT2D eigenvalue weighted by atomic mass is 10.1. The van der Waals surface area contributed by atoms with E-state index >= 15 is 0 Å². The summed E-state index contributed by atoms with van der Waals surface area (Å²) in [5.74, 6) is 1.06. The van der Waals surface area contributed by atoms with E-state index in [1.54, 1.807) is 13.0 Å². The van der Waals surface area contributed by atoms with E-state index in [0.29, 0.717) is 44.2 Å². The molecule has 2 amide bonds. The topological polar surface area (TPSA) is 94.5 Å². The highest BCUT2D eigenvalue weighted by molar-refractivity contribution is 5.91. The van der Waals surface area contributed by atoms with Crippen molar-refractivity contribution in [2.45, 2.75) is 13.3 Å². The van der Waals surface area contributed by atoms with Gasteiger partial charge in [0.1, 0.15) is 5.76 Å². The van der Waals surface area contributed by atoms with Crippen LogP contribution in [0.5, 0.6) is 0 Å². The average Bonchev–Trinajstić information content (AvgIpc) is 3.28. The van der Waals surface area contributed by atoms with Crippen LogP contribution in [0.3, 0.4) is 0 Å². The van der Waals surface area contributed by atoms with E-state index in [1.807, 2.05) is 40.3 Å². The van der Waals surface area contributed by atoms with Crippen molar-refractivity contribution >= 4 is 28.5 Å². The summed E-state index contributed by atoms with van der Waals surface area (Å²) in [5, 5.41) is 7.57. The van der Waals surface area contributed by atoms with Crippen molar-refractivity contribution in [1.82, 2.24) is 19.9 Å². The lowest BCUT2D eigenvalue weighted by molar-refractivity contribution is -0.132. The van der Waals surface area contributed by atoms with Crippen LogP contribution < -0.4 is 5.32 Å². The largest absolute Gasteiger partial charge is 0.361 e. The number of hydrogen-bond acceptors (Lipinski definition) is 5. The van der Waals surface area contributed by atoms with Crippen LogP contribution in [0.2, 0.25) is 0 Å². The minimum absolute atomic E-state index is 0.118. The van der Waals surface area contributed by atoms with Gasteiger partial charge >= 0.3 is 0 Å². The molecule has 28 heavy (non-hydrogen) atoms. The normalized spacial score (nSPS) is 15.1. The van der Waals surface area contributed by atoms with Gasteiger partial charge in [-0.15, -0.1) is 0 Å². The number of H-pyrrole nitrogens is 1. The summed E-state index contributed by atoms with van der Waals surface area (Å²) in [7, 11) is 0. The van der Waals surface area contributed by atoms with Gasteiger partial charge < -0.3 is 19.7 Å². The molecule has 0 unspecified atom stereocenters. The molecule has 0 spiro atoms. The van der Waals surface area contributed by atoms with Crippen molar-refractivity contribution in [2.75, 3.05) is 38.0 Å². The summed E-state index contributed by atoms with van der Waals surface area (Å²) in [6.07, 6.45) is 2.30. The fourth-order valence-electron chi connectivity index (χ4n) is 3.52. The number of benzene rings is 1. The van der Waals surface area contributed by atoms with Crippen molar-refractivity contribution < 1.29 is 14.1 Å². The Bertz CT molecular complexity index is 985. The molecule has 1 aliphatic heterocycles. The predicted octanol–water partition coefficient (Wildman–Crippen LogP) is 1.79. The van der Waals surface area contributed by atoms with Gasteiger partial charge in [0.2, 0.25) is 11.8 Å². The number of rotatable bonds is 5. The molecule has 0 atom stereocenters. The Hall–Kier alpha value is -3.13. The molecule has 8 nitrogen and oxygen atoms in total. The van der Waals surface area contributed by atoms with Crippen LogP contribution in [-0.4, -0.2) is 64.5 Å². The molecule has 1 aromatic carbocycles. The van der Waals surface area contributed by atoms with Gasteiger partial charge in [-0.1, -0.05) is 23.4 Å². The summed E-state index contributed by atoms with van der Waals surface area (Å²) < 4.78 is 4.94. The standard InChI is InChI=1S/C20H23N5O3/c1-14-10-18(23-28-14)22-19(26)13-24-6-8-25(9-7-24)20(27)11-15-12-21-17-5-3-2-4-16(15)17/h2-5,10,12,21H,6-9,11,13H2,1H3,(H,22,23,26). The molecular weight excluding hydrogens is 358 g/mol. The Balaban J connectivity index is 1.26. The number of para-hydroxylation sites is 1. The number of amides is 2. The number of carbonyl (C=O) groups is 2. The third kappa shape index (κ3) is 4.07. The Morgan fingerprint density at radius 2 is 2.00 bits per heavy atom. The van der Waals surface area contributed by atoms with E-state index in [2.05, 4.69) is 15.5 Å². The van der Waals surface area contributed by atoms with E-state index in [9.17, 15) is 9.59 Å². The highest BCUT2D eigenvalue weighted by Gasteiger charge is 2.23. The molecule has 1 fully saturated rings. The molecule has 3 aromatic rings. The zero-order chi connectivity index (χ0) is 19.5. The fourth-order valence-corrected chi connectivity index (χ4v) is 3.52. The van der Waals surface area contributed by atoms with E-state index in [4.69, 9.17) is 4.52 Å². The van der Waals surface area contributed by atoms with Gasteiger partial charge in [0.25, 0.3) is 0 Å². The van der Waals surface area contributed by atoms with Crippen molar-refractivity contribution in [1.29, 1.82) is 0 Å². The van der Waals surface area contributed by atoms with Crippen LogP contribution in [0.4, 0.5) is 5.82 Å². The lowest BCUT2D eigenvalue weighted by Gasteiger charge is -2.34. The number of carbonyl (C=O) groups excluding carboxylic acids is 2. The maximum atomic E-state index is 12.7. The highest BCUT2D eigenvalue weighted by Crippen LogP contribution is 2.19. The number of hydrogen-bond donors (Lipinski definition) is 2. The maximum Gasteiger partial charge on any atom is 0.239 e. The molecule has 0 aliphatic carbocycles. The van der Waals surface area contributed by atoms with E-state index < -0.39 is 0 Å². The van der Waals surface area contributed by atoms with Crippen molar-refractivity contribution in [3.8, 4) is 0 Å². The molecule has 2 N–H and O–H groups in total. The second-order valence-electron chi connectivity index (χ2n) is 7.06. The minimum atomic E-state index is -0.133. The zero-order valence-electron chi connectivity index (χ0n) is 15.8. The van der Waals surface area contributed by atoms with Crippen LogP contribution >= 0.6 is 0 Å². The molecule has 4 rings (SSSR count). The predicted molar refractivity (Wildman–Crippen MR) is 105 cm³/mol. The van der Waals surface area contributed by atoms with Gasteiger partial charge in [-0.05, 0) is 18.6 Å². The smallest absolute Gasteiger partial charge is 0.239 e. The first-order valence-electron chi connectivity index (χ1n) is 9.37. The summed E-state index contributed by atoms with van der Waals surface area (Å²) in [6.45, 7) is 4.64. The van der Waals surface area contributed by atoms with Crippen LogP contribution in [0.15, 0.2) is 41.1 Å². The van der Waals surface area contributed by atoms with Gasteiger partial charge in [-0.2, -0.15) is 0 Å². The molecule has 0 saturated carbocycles. The van der Waals surface area contributed by atoms with Crippen LogP contribution in [-0.2, 0) is 16.0 Å². The average molecular weight is 381 g/mol. The third-order valence-electron chi connectivity index (χ3n) is 5.00. The van der Waals surface area contributed by atoms with Crippen LogP contribution in [0, 0.1) is 6.92 Å². The monoisotopic (exact) mass is 381 g/mol. The van der Waals surface area contributed by atoms with Gasteiger partial charge in [0.15, 0.2) is 5.82 Å². The minimum Gasteiger partial charge on any atom is -0.361 e. The van der Waals surface area contributed by atoms with Gasteiger partial charge in [0, 0.05) is 49.3 Å². The fraction of sp³-hybridized carbons (Fsp3) is 0.350. The Labute approximate surface area is 162 Å². The molecule has 0 radical (unpaired) electrons. The number of aryl methyl sites for hydroxylation is 1. The first kappa shape index (κ1) is 18.2. The van der Waals surface area contributed by atoms with E-state index in [0.717, 1.165) is 16.5 Å². The van der Waals surface area contributed by atoms with Crippen molar-refractivity contribution in [2.24, 2.45) is 0 Å². The SMILES string of the molecule is Cc1cc(NC(=O)CN2CCN(C(=O)Cc3c[nH]c4ccccc34)CC2)no1. The van der Waals surface area contributed by atoms with Gasteiger partial charge in [-0.3, -0.25) is 14.5 Å². The number of piperazine rings is 1. The number of aromatic nitrogens is 2. The number of fused-ring (bicyclic) bond motifs is 1. The molecule has 2 aromatic heterocycles. The van der Waals surface area contributed by atoms with E-state index in [-0.39, 0.29) is 18.4 Å². The molecule has 0 bridgehead atoms. The first-order chi connectivity index (χ1) is 13.6. The molecule has 1 saturated heterocycles. The maximum absolute atomic E-state index is 12.7. The quantitative estimate of drug-likeness (QED) is 0.703. The number of nitrogens with one attached hydrogen (secondary N) is 2. The second kappa shape index (κ2) is 7.85. The number of nitrogens with zero attached hydrogens (tertiary/aromatic N) is 3. The summed E-state index contributed by atoms with van der Waals surface area (Å²) in [6, 6.07) is 9.67. The van der Waals surface area contributed by atoms with Crippen molar-refractivity contribution in [3.63, 3.8) is 0 Å². The van der Waals surface area contributed by atoms with Crippen molar-refractivity contribution in [3.05, 3.63) is 47.9 Å². The summed E-state index contributed by atoms with van der Waals surface area (Å²) >= 11 is 0. The summed E-state index contributed by atoms with van der Waals surface area (Å²) in [4.78, 5) is 31.9. The Morgan fingerprint density at radius 3 is 2.75 bits per heavy atom. The van der Waals surface area contributed by atoms with Crippen LogP contribution in [0.1, 0.15) is 11.3 Å². The molecule has 3 heterocycles. The van der Waals surface area contributed by atoms with Crippen LogP contribution in [0.25, 0.3) is 10.9 Å². The zero-order valence-corrected chi connectivity index (χ0v) is 15.8. The third-order valence-corrected chi connectivity index (χ3v) is 5.00. The highest BCUT2D eigenvalue weighted by atomic mass is 16.5. The molecule has 146 valence electrons. The van der Waals surface area contributed by atoms with E-state index in [1.165, 1.54) is 0 Å². The number of anilines is 1. The Morgan fingerprint density at radius 1 is 1.21 bits per heavy atom. The molecule has 1 aliphatic rings. The second-order valence-corrected chi connectivity index (χ2v) is 7.06. The van der Waals surface area contributed by atoms with Gasteiger partial charge in [-0.25, -0.2) is 0 Å². The first-order valence-corrected chi connectivity index (χ1v) is 9.37. The molecular formula is C20H23N5O3. The number of aromatic amines is 1. The Kier molecular flexibility index (Phi) is 5.12.